The van der Waals surface area contributed by atoms with Crippen LogP contribution in [0, 0.1) is 0 Å². The summed E-state index contributed by atoms with van der Waals surface area (Å²) in [5.74, 6) is -1.21. The van der Waals surface area contributed by atoms with Gasteiger partial charge in [-0.3, -0.25) is 9.59 Å². The molecule has 0 aliphatic carbocycles. The molecule has 0 saturated heterocycles. The summed E-state index contributed by atoms with van der Waals surface area (Å²) in [6, 6.07) is 19.1. The Hall–Kier alpha value is -2.95. The summed E-state index contributed by atoms with van der Waals surface area (Å²) >= 11 is 12.2. The fourth-order valence-corrected chi connectivity index (χ4v) is 4.75. The first kappa shape index (κ1) is 26.7. The summed E-state index contributed by atoms with van der Waals surface area (Å²) in [7, 11) is -2.82. The molecule has 8 nitrogen and oxygen atoms in total. The normalized spacial score (nSPS) is 12.1. The predicted octanol–water partition coefficient (Wildman–Crippen LogP) is 3.95. The van der Waals surface area contributed by atoms with Crippen LogP contribution in [0.25, 0.3) is 0 Å². The first-order valence-corrected chi connectivity index (χ1v) is 12.7. The molecule has 0 saturated carbocycles. The molecular weight excluding hydrogens is 513 g/mol. The number of ether oxygens (including phenoxy) is 1. The topological polar surface area (TPSA) is 114 Å². The molecular formula is C24H23Cl2N3O5S. The van der Waals surface area contributed by atoms with Gasteiger partial charge in [-0.1, -0.05) is 71.7 Å². The van der Waals surface area contributed by atoms with E-state index in [4.69, 9.17) is 27.9 Å². The van der Waals surface area contributed by atoms with Gasteiger partial charge in [-0.2, -0.15) is 17.9 Å². The van der Waals surface area contributed by atoms with Gasteiger partial charge in [0.2, 0.25) is 0 Å². The van der Waals surface area contributed by atoms with E-state index >= 15 is 0 Å². The first-order chi connectivity index (χ1) is 16.7. The SMILES string of the molecule is COC(=O)C(Cc1ccc(NC(=O)c2c(Cl)cccc2Cl)cc1)NS(=O)(=O)NCc1ccccc1. The minimum atomic E-state index is -4.00. The number of halogens is 2. The van der Waals surface area contributed by atoms with Crippen molar-refractivity contribution in [1.82, 2.24) is 9.44 Å². The number of benzene rings is 3. The summed E-state index contributed by atoms with van der Waals surface area (Å²) < 4.78 is 34.5. The molecule has 0 aliphatic rings. The largest absolute Gasteiger partial charge is 0.468 e. The van der Waals surface area contributed by atoms with Gasteiger partial charge in [0.25, 0.3) is 16.1 Å². The van der Waals surface area contributed by atoms with Gasteiger partial charge in [-0.25, -0.2) is 0 Å². The van der Waals surface area contributed by atoms with Crippen molar-refractivity contribution in [2.45, 2.75) is 19.0 Å². The van der Waals surface area contributed by atoms with Gasteiger partial charge in [-0.05, 0) is 41.8 Å². The summed E-state index contributed by atoms with van der Waals surface area (Å²) in [5, 5.41) is 3.15. The molecule has 0 heterocycles. The van der Waals surface area contributed by atoms with Crippen molar-refractivity contribution in [3.8, 4) is 0 Å². The van der Waals surface area contributed by atoms with Crippen molar-refractivity contribution in [1.29, 1.82) is 0 Å². The predicted molar refractivity (Wildman–Crippen MR) is 136 cm³/mol. The van der Waals surface area contributed by atoms with E-state index in [1.54, 1.807) is 66.7 Å². The molecule has 3 aromatic carbocycles. The Bertz CT molecular complexity index is 1270. The highest BCUT2D eigenvalue weighted by Gasteiger charge is 2.25. The van der Waals surface area contributed by atoms with Gasteiger partial charge in [0.1, 0.15) is 6.04 Å². The molecule has 184 valence electrons. The number of anilines is 1. The standard InChI is InChI=1S/C24H23Cl2N3O5S/c1-34-24(31)21(29-35(32,33)27-15-17-6-3-2-4-7-17)14-16-10-12-18(13-11-16)28-23(30)22-19(25)8-5-9-20(22)26/h2-13,21,27,29H,14-15H2,1H3,(H,28,30). The molecule has 11 heteroatoms. The fourth-order valence-electron chi connectivity index (χ4n) is 3.19. The van der Waals surface area contributed by atoms with Crippen LogP contribution in [0.5, 0.6) is 0 Å². The molecule has 1 unspecified atom stereocenters. The Morgan fingerprint density at radius 3 is 2.11 bits per heavy atom. The quantitative estimate of drug-likeness (QED) is 0.340. The van der Waals surface area contributed by atoms with E-state index < -0.39 is 28.1 Å². The second-order valence-electron chi connectivity index (χ2n) is 7.46. The van der Waals surface area contributed by atoms with Crippen molar-refractivity contribution in [2.24, 2.45) is 0 Å². The smallest absolute Gasteiger partial charge is 0.324 e. The van der Waals surface area contributed by atoms with Crippen molar-refractivity contribution in [2.75, 3.05) is 12.4 Å². The monoisotopic (exact) mass is 535 g/mol. The molecule has 1 amide bonds. The van der Waals surface area contributed by atoms with Crippen molar-refractivity contribution < 1.29 is 22.7 Å². The third kappa shape index (κ3) is 7.78. The van der Waals surface area contributed by atoms with Gasteiger partial charge in [0.15, 0.2) is 0 Å². The molecule has 3 aromatic rings. The lowest BCUT2D eigenvalue weighted by molar-refractivity contribution is -0.142. The minimum Gasteiger partial charge on any atom is -0.468 e. The van der Waals surface area contributed by atoms with Crippen LogP contribution in [0.4, 0.5) is 5.69 Å². The van der Waals surface area contributed by atoms with Crippen LogP contribution in [0.2, 0.25) is 10.0 Å². The van der Waals surface area contributed by atoms with Crippen LogP contribution in [-0.4, -0.2) is 33.4 Å². The highest BCUT2D eigenvalue weighted by molar-refractivity contribution is 7.87. The van der Waals surface area contributed by atoms with Crippen LogP contribution >= 0.6 is 23.2 Å². The number of nitrogens with one attached hydrogen (secondary N) is 3. The molecule has 3 N–H and O–H groups in total. The number of rotatable bonds is 10. The van der Waals surface area contributed by atoms with E-state index in [1.165, 1.54) is 7.11 Å². The number of amides is 1. The Morgan fingerprint density at radius 2 is 1.51 bits per heavy atom. The van der Waals surface area contributed by atoms with Crippen LogP contribution in [0.3, 0.4) is 0 Å². The third-order valence-corrected chi connectivity index (χ3v) is 6.68. The molecule has 0 aliphatic heterocycles. The maximum absolute atomic E-state index is 12.5. The van der Waals surface area contributed by atoms with E-state index in [-0.39, 0.29) is 28.6 Å². The third-order valence-electron chi connectivity index (χ3n) is 4.93. The second-order valence-corrected chi connectivity index (χ2v) is 9.80. The average molecular weight is 536 g/mol. The molecule has 0 spiro atoms. The summed E-state index contributed by atoms with van der Waals surface area (Å²) in [6.45, 7) is 0.0634. The second kappa shape index (κ2) is 12.1. The van der Waals surface area contributed by atoms with E-state index in [0.717, 1.165) is 5.56 Å². The van der Waals surface area contributed by atoms with E-state index in [0.29, 0.717) is 11.3 Å². The van der Waals surface area contributed by atoms with Gasteiger partial charge in [0, 0.05) is 12.2 Å². The van der Waals surface area contributed by atoms with Crippen LogP contribution in [-0.2, 0) is 32.7 Å². The van der Waals surface area contributed by atoms with Gasteiger partial charge >= 0.3 is 5.97 Å². The molecule has 0 radical (unpaired) electrons. The summed E-state index contributed by atoms with van der Waals surface area (Å²) in [6.07, 6.45) is 0.0312. The Balaban J connectivity index is 1.65. The van der Waals surface area contributed by atoms with Crippen LogP contribution < -0.4 is 14.8 Å². The van der Waals surface area contributed by atoms with Crippen molar-refractivity contribution in [3.05, 3.63) is 99.5 Å². The van der Waals surface area contributed by atoms with E-state index in [9.17, 15) is 18.0 Å². The summed E-state index contributed by atoms with van der Waals surface area (Å²) in [4.78, 5) is 24.8. The molecule has 0 fully saturated rings. The number of hydrogen-bond acceptors (Lipinski definition) is 5. The van der Waals surface area contributed by atoms with Crippen molar-refractivity contribution in [3.63, 3.8) is 0 Å². The molecule has 0 aromatic heterocycles. The van der Waals surface area contributed by atoms with Crippen molar-refractivity contribution >= 4 is 51.0 Å². The zero-order chi connectivity index (χ0) is 25.4. The number of methoxy groups -OCH3 is 1. The lowest BCUT2D eigenvalue weighted by Crippen LogP contribution is -2.47. The lowest BCUT2D eigenvalue weighted by Gasteiger charge is -2.17. The molecule has 3 rings (SSSR count). The zero-order valence-electron chi connectivity index (χ0n) is 18.6. The number of carbonyl (C=O) groups is 2. The maximum atomic E-state index is 12.5. The average Bonchev–Trinajstić information content (AvgIpc) is 2.83. The zero-order valence-corrected chi connectivity index (χ0v) is 21.0. The fraction of sp³-hybridized carbons (Fsp3) is 0.167. The van der Waals surface area contributed by atoms with Gasteiger partial charge in [-0.15, -0.1) is 0 Å². The van der Waals surface area contributed by atoms with Gasteiger partial charge in [0.05, 0.1) is 22.7 Å². The van der Waals surface area contributed by atoms with E-state index in [1.807, 2.05) is 6.07 Å². The highest BCUT2D eigenvalue weighted by atomic mass is 35.5. The molecule has 1 atom stereocenters. The summed E-state index contributed by atoms with van der Waals surface area (Å²) in [5.41, 5.74) is 2.03. The number of carbonyl (C=O) groups excluding carboxylic acids is 2. The molecule has 35 heavy (non-hydrogen) atoms. The van der Waals surface area contributed by atoms with Gasteiger partial charge < -0.3 is 10.1 Å². The first-order valence-electron chi connectivity index (χ1n) is 10.4. The van der Waals surface area contributed by atoms with E-state index in [2.05, 4.69) is 14.8 Å². The van der Waals surface area contributed by atoms with Crippen LogP contribution in [0.1, 0.15) is 21.5 Å². The van der Waals surface area contributed by atoms with Crippen LogP contribution in [0.15, 0.2) is 72.8 Å². The number of hydrogen-bond donors (Lipinski definition) is 3. The Kier molecular flexibility index (Phi) is 9.25. The minimum absolute atomic E-state index is 0.0312. The Morgan fingerprint density at radius 1 is 0.886 bits per heavy atom. The highest BCUT2D eigenvalue weighted by Crippen LogP contribution is 2.25. The number of esters is 1. The maximum Gasteiger partial charge on any atom is 0.324 e. The lowest BCUT2D eigenvalue weighted by atomic mass is 10.1. The molecule has 0 bridgehead atoms. The Labute approximate surface area is 213 Å².